The Morgan fingerprint density at radius 3 is 2.20 bits per heavy atom. The van der Waals surface area contributed by atoms with Crippen molar-refractivity contribution in [1.82, 2.24) is 9.88 Å². The van der Waals surface area contributed by atoms with Crippen LogP contribution in [0.5, 0.6) is 5.75 Å². The number of fused-ring (bicyclic) bond motifs is 1. The fourth-order valence-corrected chi connectivity index (χ4v) is 5.18. The average molecular weight is 588 g/mol. The SMILES string of the molecule is CC(C)(C)OC(=O)C(COc1ccc2cc(NCC3CN(C(=O)OC(C)(C)C)C3)ncc2c1)O[Si](C)(C)C(C)(C)C. The fourth-order valence-electron chi connectivity index (χ4n) is 3.95. The Morgan fingerprint density at radius 1 is 0.976 bits per heavy atom. The summed E-state index contributed by atoms with van der Waals surface area (Å²) < 4.78 is 23.6. The van der Waals surface area contributed by atoms with Crippen LogP contribution in [-0.4, -0.2) is 73.8 Å². The van der Waals surface area contributed by atoms with Gasteiger partial charge in [0.25, 0.3) is 0 Å². The van der Waals surface area contributed by atoms with E-state index in [0.717, 1.165) is 23.1 Å². The van der Waals surface area contributed by atoms with E-state index in [0.29, 0.717) is 24.8 Å². The summed E-state index contributed by atoms with van der Waals surface area (Å²) in [6.07, 6.45) is 0.711. The zero-order valence-corrected chi connectivity index (χ0v) is 27.7. The molecule has 9 nitrogen and oxygen atoms in total. The van der Waals surface area contributed by atoms with E-state index in [1.54, 1.807) is 11.1 Å². The van der Waals surface area contributed by atoms with Crippen molar-refractivity contribution >= 4 is 37.0 Å². The molecule has 1 atom stereocenters. The molecule has 1 amide bonds. The second-order valence-electron chi connectivity index (χ2n) is 14.4. The monoisotopic (exact) mass is 587 g/mol. The smallest absolute Gasteiger partial charge is 0.410 e. The third-order valence-corrected chi connectivity index (χ3v) is 11.7. The van der Waals surface area contributed by atoms with Crippen molar-refractivity contribution in [3.05, 3.63) is 30.5 Å². The molecule has 1 saturated heterocycles. The van der Waals surface area contributed by atoms with Gasteiger partial charge < -0.3 is 28.9 Å². The highest BCUT2D eigenvalue weighted by atomic mass is 28.4. The van der Waals surface area contributed by atoms with Crippen LogP contribution < -0.4 is 10.1 Å². The highest BCUT2D eigenvalue weighted by molar-refractivity contribution is 6.74. The third-order valence-electron chi connectivity index (χ3n) is 7.19. The van der Waals surface area contributed by atoms with Crippen LogP contribution >= 0.6 is 0 Å². The summed E-state index contributed by atoms with van der Waals surface area (Å²) in [6, 6.07) is 7.76. The Labute approximate surface area is 246 Å². The van der Waals surface area contributed by atoms with Gasteiger partial charge in [0.15, 0.2) is 14.4 Å². The molecular formula is C31H49N3O6Si. The van der Waals surface area contributed by atoms with Crippen LogP contribution in [0, 0.1) is 5.92 Å². The summed E-state index contributed by atoms with van der Waals surface area (Å²) in [5.41, 5.74) is -1.11. The number of ether oxygens (including phenoxy) is 3. The fraction of sp³-hybridized carbons (Fsp3) is 0.645. The molecule has 0 bridgehead atoms. The van der Waals surface area contributed by atoms with Gasteiger partial charge in [0.2, 0.25) is 0 Å². The van der Waals surface area contributed by atoms with E-state index in [9.17, 15) is 9.59 Å². The maximum absolute atomic E-state index is 13.0. The number of carbonyl (C=O) groups is 2. The Balaban J connectivity index is 1.59. The first-order valence-corrected chi connectivity index (χ1v) is 17.3. The highest BCUT2D eigenvalue weighted by Gasteiger charge is 2.42. The predicted octanol–water partition coefficient (Wildman–Crippen LogP) is 6.62. The maximum Gasteiger partial charge on any atom is 0.410 e. The van der Waals surface area contributed by atoms with Gasteiger partial charge in [-0.15, -0.1) is 0 Å². The van der Waals surface area contributed by atoms with Gasteiger partial charge in [0.05, 0.1) is 0 Å². The molecule has 0 aliphatic carbocycles. The van der Waals surface area contributed by atoms with Gasteiger partial charge in [-0.3, -0.25) is 0 Å². The Bertz CT molecular complexity index is 1220. The normalized spacial score (nSPS) is 15.7. The highest BCUT2D eigenvalue weighted by Crippen LogP contribution is 2.37. The van der Waals surface area contributed by atoms with E-state index < -0.39 is 31.6 Å². The number of rotatable bonds is 9. The number of aromatic nitrogens is 1. The van der Waals surface area contributed by atoms with Crippen molar-refractivity contribution in [3.8, 4) is 5.75 Å². The number of hydrogen-bond donors (Lipinski definition) is 1. The number of esters is 1. The van der Waals surface area contributed by atoms with E-state index >= 15 is 0 Å². The molecule has 1 N–H and O–H groups in total. The van der Waals surface area contributed by atoms with Crippen LogP contribution in [0.2, 0.25) is 18.1 Å². The second kappa shape index (κ2) is 12.2. The average Bonchev–Trinajstić information content (AvgIpc) is 2.77. The van der Waals surface area contributed by atoms with Gasteiger partial charge in [0.1, 0.15) is 29.4 Å². The quantitative estimate of drug-likeness (QED) is 0.258. The lowest BCUT2D eigenvalue weighted by atomic mass is 10.0. The van der Waals surface area contributed by atoms with Crippen molar-refractivity contribution in [3.63, 3.8) is 0 Å². The number of pyridine rings is 1. The van der Waals surface area contributed by atoms with Gasteiger partial charge >= 0.3 is 12.1 Å². The lowest BCUT2D eigenvalue weighted by molar-refractivity contribution is -0.165. The minimum atomic E-state index is -2.25. The minimum Gasteiger partial charge on any atom is -0.490 e. The molecular weight excluding hydrogens is 538 g/mol. The van der Waals surface area contributed by atoms with Gasteiger partial charge in [-0.05, 0) is 83.3 Å². The van der Waals surface area contributed by atoms with Crippen LogP contribution in [0.4, 0.5) is 10.6 Å². The van der Waals surface area contributed by atoms with Gasteiger partial charge in [-0.1, -0.05) is 26.8 Å². The zero-order chi connectivity index (χ0) is 30.8. The molecule has 1 aliphatic rings. The van der Waals surface area contributed by atoms with E-state index in [4.69, 9.17) is 18.6 Å². The number of likely N-dealkylation sites (tertiary alicyclic amines) is 1. The Morgan fingerprint density at radius 2 is 1.61 bits per heavy atom. The number of benzene rings is 1. The molecule has 0 spiro atoms. The molecule has 10 heteroatoms. The summed E-state index contributed by atoms with van der Waals surface area (Å²) in [7, 11) is -2.25. The molecule has 1 unspecified atom stereocenters. The van der Waals surface area contributed by atoms with Crippen molar-refractivity contribution in [2.45, 2.75) is 97.8 Å². The number of carbonyl (C=O) groups excluding carboxylic acids is 2. The van der Waals surface area contributed by atoms with Crippen LogP contribution in [0.25, 0.3) is 10.8 Å². The summed E-state index contributed by atoms with van der Waals surface area (Å²) in [5, 5.41) is 5.25. The first-order valence-electron chi connectivity index (χ1n) is 14.4. The van der Waals surface area contributed by atoms with E-state index in [2.05, 4.69) is 44.2 Å². The number of anilines is 1. The van der Waals surface area contributed by atoms with Gasteiger partial charge in [0, 0.05) is 37.1 Å². The van der Waals surface area contributed by atoms with Crippen LogP contribution in [0.1, 0.15) is 62.3 Å². The largest absolute Gasteiger partial charge is 0.490 e. The summed E-state index contributed by atoms with van der Waals surface area (Å²) in [6.45, 7) is 23.9. The van der Waals surface area contributed by atoms with Gasteiger partial charge in [-0.25, -0.2) is 14.6 Å². The summed E-state index contributed by atoms with van der Waals surface area (Å²) in [5.74, 6) is 1.34. The molecule has 2 heterocycles. The number of hydrogen-bond acceptors (Lipinski definition) is 8. The van der Waals surface area contributed by atoms with Crippen LogP contribution in [0.15, 0.2) is 30.5 Å². The molecule has 41 heavy (non-hydrogen) atoms. The molecule has 2 aromatic rings. The summed E-state index contributed by atoms with van der Waals surface area (Å²) >= 11 is 0. The molecule has 1 aromatic carbocycles. The molecule has 3 rings (SSSR count). The van der Waals surface area contributed by atoms with Crippen molar-refractivity contribution in [2.75, 3.05) is 31.6 Å². The van der Waals surface area contributed by atoms with E-state index in [-0.39, 0.29) is 17.7 Å². The first kappa shape index (κ1) is 32.7. The number of nitrogens with one attached hydrogen (secondary N) is 1. The number of amides is 1. The molecule has 1 fully saturated rings. The predicted molar refractivity (Wildman–Crippen MR) is 165 cm³/mol. The van der Waals surface area contributed by atoms with Crippen LogP contribution in [0.3, 0.4) is 0 Å². The second-order valence-corrected chi connectivity index (χ2v) is 19.2. The first-order chi connectivity index (χ1) is 18.7. The van der Waals surface area contributed by atoms with Crippen molar-refractivity contribution in [2.24, 2.45) is 5.92 Å². The molecule has 0 saturated carbocycles. The molecule has 1 aromatic heterocycles. The Hall–Kier alpha value is -2.85. The molecule has 228 valence electrons. The third kappa shape index (κ3) is 9.60. The lowest BCUT2D eigenvalue weighted by Gasteiger charge is -2.39. The van der Waals surface area contributed by atoms with E-state index in [1.165, 1.54) is 0 Å². The van der Waals surface area contributed by atoms with Crippen molar-refractivity contribution in [1.29, 1.82) is 0 Å². The summed E-state index contributed by atoms with van der Waals surface area (Å²) in [4.78, 5) is 31.4. The van der Waals surface area contributed by atoms with Gasteiger partial charge in [-0.2, -0.15) is 0 Å². The maximum atomic E-state index is 13.0. The molecule has 1 aliphatic heterocycles. The standard InChI is InChI=1S/C31H49N3O6Si/c1-29(2,3)38-27(35)25(40-41(10,11)31(7,8)9)20-37-24-13-12-22-15-26(33-17-23(22)14-24)32-16-21-18-34(19-21)28(36)39-30(4,5)6/h12-15,17,21,25H,16,18-20H2,1-11H3,(H,32,33). The van der Waals surface area contributed by atoms with Crippen LogP contribution in [-0.2, 0) is 18.7 Å². The van der Waals surface area contributed by atoms with Crippen molar-refractivity contribution < 1.29 is 28.2 Å². The van der Waals surface area contributed by atoms with E-state index in [1.807, 2.05) is 65.8 Å². The molecule has 0 radical (unpaired) electrons. The minimum absolute atomic E-state index is 0.0572. The Kier molecular flexibility index (Phi) is 9.70. The number of nitrogens with zero attached hydrogens (tertiary/aromatic N) is 2. The zero-order valence-electron chi connectivity index (χ0n) is 26.7. The topological polar surface area (TPSA) is 99.2 Å². The lowest BCUT2D eigenvalue weighted by Crippen LogP contribution is -2.53.